The number of nitrogens with one attached hydrogen (secondary N) is 1. The second kappa shape index (κ2) is 12.6. The third-order valence-corrected chi connectivity index (χ3v) is 5.01. The Morgan fingerprint density at radius 3 is 1.77 bits per heavy atom. The van der Waals surface area contributed by atoms with Gasteiger partial charge in [-0.05, 0) is 36.4 Å². The molecule has 0 atom stereocenters. The Hall–Kier alpha value is -1.44. The van der Waals surface area contributed by atoms with E-state index in [2.05, 4.69) is 10.3 Å². The predicted molar refractivity (Wildman–Crippen MR) is 127 cm³/mol. The molecule has 0 radical (unpaired) electrons. The van der Waals surface area contributed by atoms with Crippen molar-refractivity contribution in [2.45, 2.75) is 0 Å². The number of ether oxygens (including phenoxy) is 1. The molecule has 0 saturated heterocycles. The molecule has 1 aromatic heterocycles. The van der Waals surface area contributed by atoms with E-state index < -0.39 is 0 Å². The molecule has 164 valence electrons. The number of nitrogens with zero attached hydrogens (tertiary/aromatic N) is 1. The van der Waals surface area contributed by atoms with E-state index in [0.717, 1.165) is 0 Å². The molecule has 31 heavy (non-hydrogen) atoms. The van der Waals surface area contributed by atoms with E-state index in [4.69, 9.17) is 79.4 Å². The van der Waals surface area contributed by atoms with E-state index in [1.54, 1.807) is 18.3 Å². The highest BCUT2D eigenvalue weighted by Gasteiger charge is 2.15. The summed E-state index contributed by atoms with van der Waals surface area (Å²) in [6, 6.07) is 9.36. The standard InChI is InChI=1S/C12H4Cl6O.C8H10N2O2/c13-5-1-7(15)11(8(16)2-5)19-12-9(17)3-6(14)4-10(12)18;11-5-4-10-8(12)7-2-1-3-9-6-7/h1-4H;1-3,6,11H,4-5H2,(H,10,12). The van der Waals surface area contributed by atoms with Crippen molar-refractivity contribution in [2.24, 2.45) is 0 Å². The summed E-state index contributed by atoms with van der Waals surface area (Å²) in [5.41, 5.74) is 0.506. The maximum atomic E-state index is 11.1. The van der Waals surface area contributed by atoms with E-state index in [9.17, 15) is 4.79 Å². The average molecular weight is 543 g/mol. The highest BCUT2D eigenvalue weighted by Crippen LogP contribution is 2.44. The van der Waals surface area contributed by atoms with Gasteiger partial charge in [0.05, 0.1) is 32.3 Å². The van der Waals surface area contributed by atoms with Gasteiger partial charge in [-0.25, -0.2) is 0 Å². The number of benzene rings is 2. The number of rotatable bonds is 5. The van der Waals surface area contributed by atoms with Crippen LogP contribution >= 0.6 is 69.6 Å². The van der Waals surface area contributed by atoms with Gasteiger partial charge in [0.15, 0.2) is 11.5 Å². The Kier molecular flexibility index (Phi) is 10.5. The normalized spacial score (nSPS) is 10.2. The van der Waals surface area contributed by atoms with Crippen LogP contribution in [0.5, 0.6) is 11.5 Å². The zero-order chi connectivity index (χ0) is 23.0. The first-order valence-corrected chi connectivity index (χ1v) is 10.8. The lowest BCUT2D eigenvalue weighted by atomic mass is 10.3. The van der Waals surface area contributed by atoms with Crippen LogP contribution < -0.4 is 10.1 Å². The van der Waals surface area contributed by atoms with Gasteiger partial charge in [-0.1, -0.05) is 69.6 Å². The molecule has 3 aromatic rings. The molecule has 0 aliphatic heterocycles. The molecule has 3 rings (SSSR count). The quantitative estimate of drug-likeness (QED) is 0.357. The summed E-state index contributed by atoms with van der Waals surface area (Å²) in [4.78, 5) is 14.9. The molecule has 0 bridgehead atoms. The SMILES string of the molecule is Clc1cc(Cl)c(Oc2c(Cl)cc(Cl)cc2Cl)c(Cl)c1.O=C(NCCO)c1cccnc1. The van der Waals surface area contributed by atoms with Crippen molar-refractivity contribution in [1.29, 1.82) is 0 Å². The number of hydrogen-bond acceptors (Lipinski definition) is 4. The molecular formula is C20H14Cl6N2O3. The van der Waals surface area contributed by atoms with E-state index >= 15 is 0 Å². The predicted octanol–water partition coefficient (Wildman–Crippen LogP) is 7.20. The van der Waals surface area contributed by atoms with Gasteiger partial charge in [0.1, 0.15) is 0 Å². The van der Waals surface area contributed by atoms with E-state index in [-0.39, 0.29) is 50.6 Å². The zero-order valence-corrected chi connectivity index (χ0v) is 20.0. The minimum atomic E-state index is -0.211. The average Bonchev–Trinajstić information content (AvgIpc) is 2.71. The molecule has 2 N–H and O–H groups in total. The fraction of sp³-hybridized carbons (Fsp3) is 0.100. The maximum absolute atomic E-state index is 11.1. The molecule has 0 saturated carbocycles. The van der Waals surface area contributed by atoms with Crippen LogP contribution in [0.15, 0.2) is 48.8 Å². The Balaban J connectivity index is 0.000000245. The van der Waals surface area contributed by atoms with Crippen LogP contribution in [0, 0.1) is 0 Å². The number of pyridine rings is 1. The lowest BCUT2D eigenvalue weighted by Gasteiger charge is -2.12. The topological polar surface area (TPSA) is 71.5 Å². The van der Waals surface area contributed by atoms with Crippen molar-refractivity contribution >= 4 is 75.5 Å². The number of amides is 1. The second-order valence-electron chi connectivity index (χ2n) is 5.72. The highest BCUT2D eigenvalue weighted by atomic mass is 35.5. The van der Waals surface area contributed by atoms with Crippen molar-refractivity contribution in [3.05, 3.63) is 84.5 Å². The number of halogens is 6. The van der Waals surface area contributed by atoms with Gasteiger partial charge < -0.3 is 15.2 Å². The summed E-state index contributed by atoms with van der Waals surface area (Å²) in [6.07, 6.45) is 3.08. The third kappa shape index (κ3) is 7.88. The van der Waals surface area contributed by atoms with Gasteiger partial charge in [0, 0.05) is 29.0 Å². The molecule has 1 heterocycles. The van der Waals surface area contributed by atoms with Crippen molar-refractivity contribution in [2.75, 3.05) is 13.2 Å². The molecular weight excluding hydrogens is 529 g/mol. The molecule has 0 aliphatic rings. The number of hydrogen-bond donors (Lipinski definition) is 2. The van der Waals surface area contributed by atoms with Gasteiger partial charge in [-0.3, -0.25) is 9.78 Å². The fourth-order valence-corrected chi connectivity index (χ4v) is 3.91. The van der Waals surface area contributed by atoms with Gasteiger partial charge in [0.2, 0.25) is 0 Å². The maximum Gasteiger partial charge on any atom is 0.252 e. The Bertz CT molecular complexity index is 949. The first-order valence-electron chi connectivity index (χ1n) is 8.49. The van der Waals surface area contributed by atoms with Crippen molar-refractivity contribution < 1.29 is 14.6 Å². The van der Waals surface area contributed by atoms with Crippen molar-refractivity contribution in [3.8, 4) is 11.5 Å². The van der Waals surface area contributed by atoms with Crippen LogP contribution in [-0.4, -0.2) is 29.1 Å². The number of aliphatic hydroxyl groups excluding tert-OH is 1. The molecule has 0 aliphatic carbocycles. The van der Waals surface area contributed by atoms with E-state index in [1.165, 1.54) is 30.5 Å². The number of carbonyl (C=O) groups excluding carboxylic acids is 1. The lowest BCUT2D eigenvalue weighted by Crippen LogP contribution is -2.26. The van der Waals surface area contributed by atoms with Crippen LogP contribution in [0.2, 0.25) is 30.1 Å². The van der Waals surface area contributed by atoms with Crippen LogP contribution in [0.25, 0.3) is 0 Å². The smallest absolute Gasteiger partial charge is 0.252 e. The molecule has 0 spiro atoms. The summed E-state index contributed by atoms with van der Waals surface area (Å²) in [6.45, 7) is 0.222. The minimum Gasteiger partial charge on any atom is -0.451 e. The van der Waals surface area contributed by atoms with Crippen LogP contribution in [-0.2, 0) is 0 Å². The fourth-order valence-electron chi connectivity index (χ4n) is 2.12. The Morgan fingerprint density at radius 2 is 1.39 bits per heavy atom. The van der Waals surface area contributed by atoms with Gasteiger partial charge in [-0.2, -0.15) is 0 Å². The van der Waals surface area contributed by atoms with E-state index in [0.29, 0.717) is 15.6 Å². The molecule has 5 nitrogen and oxygen atoms in total. The minimum absolute atomic E-state index is 0.0496. The summed E-state index contributed by atoms with van der Waals surface area (Å²) in [7, 11) is 0. The van der Waals surface area contributed by atoms with Gasteiger partial charge in [-0.15, -0.1) is 0 Å². The monoisotopic (exact) mass is 540 g/mol. The Morgan fingerprint density at radius 1 is 0.903 bits per heavy atom. The van der Waals surface area contributed by atoms with Crippen molar-refractivity contribution in [1.82, 2.24) is 10.3 Å². The van der Waals surface area contributed by atoms with Gasteiger partial charge in [0.25, 0.3) is 5.91 Å². The highest BCUT2D eigenvalue weighted by molar-refractivity contribution is 6.41. The lowest BCUT2D eigenvalue weighted by molar-refractivity contribution is 0.0944. The summed E-state index contributed by atoms with van der Waals surface area (Å²) in [5.74, 6) is 0.231. The number of aromatic nitrogens is 1. The molecule has 11 heteroatoms. The summed E-state index contributed by atoms with van der Waals surface area (Å²) in [5, 5.41) is 12.7. The third-order valence-electron chi connectivity index (χ3n) is 3.45. The summed E-state index contributed by atoms with van der Waals surface area (Å²) >= 11 is 35.7. The second-order valence-corrected chi connectivity index (χ2v) is 8.22. The number of carbonyl (C=O) groups is 1. The molecule has 0 fully saturated rings. The molecule has 2 aromatic carbocycles. The van der Waals surface area contributed by atoms with E-state index in [1.807, 2.05) is 0 Å². The van der Waals surface area contributed by atoms with Crippen LogP contribution in [0.4, 0.5) is 0 Å². The summed E-state index contributed by atoms with van der Waals surface area (Å²) < 4.78 is 5.57. The van der Waals surface area contributed by atoms with Crippen molar-refractivity contribution in [3.63, 3.8) is 0 Å². The number of aliphatic hydroxyl groups is 1. The largest absolute Gasteiger partial charge is 0.451 e. The van der Waals surface area contributed by atoms with Gasteiger partial charge >= 0.3 is 0 Å². The van der Waals surface area contributed by atoms with Crippen LogP contribution in [0.1, 0.15) is 10.4 Å². The zero-order valence-electron chi connectivity index (χ0n) is 15.5. The first-order chi connectivity index (χ1) is 14.7. The molecule has 1 amide bonds. The molecule has 0 unspecified atom stereocenters. The van der Waals surface area contributed by atoms with Crippen LogP contribution in [0.3, 0.4) is 0 Å². The first kappa shape index (κ1) is 25.8. The Labute approximate surface area is 208 Å².